The van der Waals surface area contributed by atoms with Gasteiger partial charge in [-0.3, -0.25) is 9.59 Å². The summed E-state index contributed by atoms with van der Waals surface area (Å²) in [5.74, 6) is -2.12. The number of hydrogen-bond acceptors (Lipinski definition) is 5. The quantitative estimate of drug-likeness (QED) is 0.789. The highest BCUT2D eigenvalue weighted by Crippen LogP contribution is 2.20. The number of nitrogens with zero attached hydrogens (tertiary/aromatic N) is 1. The van der Waals surface area contributed by atoms with E-state index in [1.807, 2.05) is 0 Å². The number of rotatable bonds is 4. The number of amides is 2. The van der Waals surface area contributed by atoms with Gasteiger partial charge in [0.2, 0.25) is 5.91 Å². The number of phenols is 1. The lowest BCUT2D eigenvalue weighted by Gasteiger charge is -2.31. The number of aryl methyl sites for hydroxylation is 1. The van der Waals surface area contributed by atoms with Gasteiger partial charge in [-0.1, -0.05) is 11.6 Å². The summed E-state index contributed by atoms with van der Waals surface area (Å²) >= 11 is 0. The molecule has 124 valence electrons. The number of primary amides is 1. The first-order chi connectivity index (χ1) is 10.9. The Hall–Kier alpha value is -2.57. The average molecular weight is 320 g/mol. The zero-order chi connectivity index (χ0) is 17.0. The molecular formula is C16H20N2O5. The summed E-state index contributed by atoms with van der Waals surface area (Å²) in [7, 11) is 0. The Morgan fingerprint density at radius 2 is 2.13 bits per heavy atom. The van der Waals surface area contributed by atoms with Gasteiger partial charge in [0.1, 0.15) is 11.3 Å². The molecule has 2 amide bonds. The number of piperidine rings is 1. The summed E-state index contributed by atoms with van der Waals surface area (Å²) in [6.45, 7) is 2.11. The van der Waals surface area contributed by atoms with Crippen LogP contribution in [0.15, 0.2) is 18.2 Å². The Balaban J connectivity index is 1.92. The van der Waals surface area contributed by atoms with E-state index in [0.717, 1.165) is 5.56 Å². The minimum absolute atomic E-state index is 0.0199. The summed E-state index contributed by atoms with van der Waals surface area (Å²) in [5, 5.41) is 9.67. The van der Waals surface area contributed by atoms with E-state index in [4.69, 9.17) is 10.5 Å². The third-order valence-electron chi connectivity index (χ3n) is 3.88. The molecule has 0 saturated carbocycles. The second-order valence-electron chi connectivity index (χ2n) is 5.68. The maximum Gasteiger partial charge on any atom is 0.342 e. The topological polar surface area (TPSA) is 110 Å². The Morgan fingerprint density at radius 1 is 1.39 bits per heavy atom. The van der Waals surface area contributed by atoms with Gasteiger partial charge < -0.3 is 20.5 Å². The summed E-state index contributed by atoms with van der Waals surface area (Å²) in [6, 6.07) is 4.55. The number of likely N-dealkylation sites (tertiary alicyclic amines) is 1. The maximum absolute atomic E-state index is 12.1. The molecule has 1 aliphatic heterocycles. The van der Waals surface area contributed by atoms with Crippen LogP contribution in [0.4, 0.5) is 0 Å². The number of carbonyl (C=O) groups is 3. The van der Waals surface area contributed by atoms with E-state index >= 15 is 0 Å². The van der Waals surface area contributed by atoms with Crippen molar-refractivity contribution >= 4 is 17.8 Å². The standard InChI is InChI=1S/C16H20N2O5/c1-10-4-5-13(19)12(7-10)16(22)23-9-14(20)18-6-2-3-11(8-18)15(17)21/h4-5,7,11,19H,2-3,6,8-9H2,1H3,(H2,17,21)/t11-/m1/s1. The predicted octanol–water partition coefficient (Wildman–Crippen LogP) is 0.581. The van der Waals surface area contributed by atoms with Crippen molar-refractivity contribution < 1.29 is 24.2 Å². The van der Waals surface area contributed by atoms with Crippen LogP contribution >= 0.6 is 0 Å². The van der Waals surface area contributed by atoms with Gasteiger partial charge in [-0.05, 0) is 31.9 Å². The van der Waals surface area contributed by atoms with Gasteiger partial charge in [-0.15, -0.1) is 0 Å². The van der Waals surface area contributed by atoms with Crippen LogP contribution in [0, 0.1) is 12.8 Å². The van der Waals surface area contributed by atoms with Crippen molar-refractivity contribution in [3.05, 3.63) is 29.3 Å². The molecule has 1 saturated heterocycles. The number of benzene rings is 1. The van der Waals surface area contributed by atoms with E-state index in [1.54, 1.807) is 13.0 Å². The van der Waals surface area contributed by atoms with Crippen LogP contribution in [0.5, 0.6) is 5.75 Å². The molecule has 0 bridgehead atoms. The second-order valence-corrected chi connectivity index (χ2v) is 5.68. The third kappa shape index (κ3) is 4.21. The lowest BCUT2D eigenvalue weighted by molar-refractivity contribution is -0.137. The predicted molar refractivity (Wildman–Crippen MR) is 81.6 cm³/mol. The van der Waals surface area contributed by atoms with Gasteiger partial charge in [0.05, 0.1) is 5.92 Å². The van der Waals surface area contributed by atoms with Crippen LogP contribution in [0.25, 0.3) is 0 Å². The lowest BCUT2D eigenvalue weighted by Crippen LogP contribution is -2.45. The van der Waals surface area contributed by atoms with E-state index in [9.17, 15) is 19.5 Å². The van der Waals surface area contributed by atoms with Gasteiger partial charge >= 0.3 is 5.97 Å². The SMILES string of the molecule is Cc1ccc(O)c(C(=O)OCC(=O)N2CCC[C@@H](C(N)=O)C2)c1. The van der Waals surface area contributed by atoms with Crippen molar-refractivity contribution in [2.45, 2.75) is 19.8 Å². The smallest absolute Gasteiger partial charge is 0.342 e. The molecule has 0 aromatic heterocycles. The molecular weight excluding hydrogens is 300 g/mol. The van der Waals surface area contributed by atoms with Crippen molar-refractivity contribution in [1.29, 1.82) is 0 Å². The van der Waals surface area contributed by atoms with Gasteiger partial charge in [-0.25, -0.2) is 4.79 Å². The Labute approximate surface area is 134 Å². The van der Waals surface area contributed by atoms with Gasteiger partial charge in [0.25, 0.3) is 5.91 Å². The molecule has 1 atom stereocenters. The molecule has 1 aromatic carbocycles. The van der Waals surface area contributed by atoms with E-state index in [0.29, 0.717) is 19.4 Å². The number of hydrogen-bond donors (Lipinski definition) is 2. The van der Waals surface area contributed by atoms with Crippen LogP contribution < -0.4 is 5.73 Å². The second kappa shape index (κ2) is 7.13. The largest absolute Gasteiger partial charge is 0.507 e. The molecule has 3 N–H and O–H groups in total. The third-order valence-corrected chi connectivity index (χ3v) is 3.88. The number of ether oxygens (including phenoxy) is 1. The zero-order valence-corrected chi connectivity index (χ0v) is 12.9. The van der Waals surface area contributed by atoms with Gasteiger partial charge in [0, 0.05) is 13.1 Å². The fourth-order valence-corrected chi connectivity index (χ4v) is 2.55. The summed E-state index contributed by atoms with van der Waals surface area (Å²) in [4.78, 5) is 36.7. The summed E-state index contributed by atoms with van der Waals surface area (Å²) < 4.78 is 4.97. The molecule has 1 fully saturated rings. The number of nitrogens with two attached hydrogens (primary N) is 1. The molecule has 0 aliphatic carbocycles. The first kappa shape index (κ1) is 16.8. The van der Waals surface area contributed by atoms with Crippen LogP contribution in [0.2, 0.25) is 0 Å². The van der Waals surface area contributed by atoms with Crippen molar-refractivity contribution in [2.24, 2.45) is 11.7 Å². The van der Waals surface area contributed by atoms with E-state index in [2.05, 4.69) is 0 Å². The fraction of sp³-hybridized carbons (Fsp3) is 0.438. The lowest BCUT2D eigenvalue weighted by atomic mass is 9.97. The van der Waals surface area contributed by atoms with Crippen LogP contribution in [-0.2, 0) is 14.3 Å². The fourth-order valence-electron chi connectivity index (χ4n) is 2.55. The highest BCUT2D eigenvalue weighted by atomic mass is 16.5. The van der Waals surface area contributed by atoms with Crippen LogP contribution in [-0.4, -0.2) is 47.5 Å². The molecule has 2 rings (SSSR count). The average Bonchev–Trinajstić information content (AvgIpc) is 2.54. The molecule has 1 aliphatic rings. The first-order valence-electron chi connectivity index (χ1n) is 7.42. The molecule has 7 heteroatoms. The molecule has 0 unspecified atom stereocenters. The summed E-state index contributed by atoms with van der Waals surface area (Å²) in [5.41, 5.74) is 6.08. The van der Waals surface area contributed by atoms with E-state index in [-0.39, 0.29) is 29.7 Å². The van der Waals surface area contributed by atoms with Gasteiger partial charge in [0.15, 0.2) is 6.61 Å². The van der Waals surface area contributed by atoms with Crippen LogP contribution in [0.1, 0.15) is 28.8 Å². The molecule has 0 radical (unpaired) electrons. The minimum atomic E-state index is -0.761. The number of esters is 1. The number of phenolic OH excluding ortho intramolecular Hbond substituents is 1. The monoisotopic (exact) mass is 320 g/mol. The van der Waals surface area contributed by atoms with Crippen molar-refractivity contribution in [1.82, 2.24) is 4.90 Å². The molecule has 0 spiro atoms. The first-order valence-corrected chi connectivity index (χ1v) is 7.42. The Morgan fingerprint density at radius 3 is 2.83 bits per heavy atom. The van der Waals surface area contributed by atoms with Crippen molar-refractivity contribution in [3.8, 4) is 5.75 Å². The minimum Gasteiger partial charge on any atom is -0.507 e. The number of carbonyl (C=O) groups excluding carboxylic acids is 3. The van der Waals surface area contributed by atoms with Crippen LogP contribution in [0.3, 0.4) is 0 Å². The maximum atomic E-state index is 12.1. The molecule has 23 heavy (non-hydrogen) atoms. The molecule has 1 heterocycles. The Kier molecular flexibility index (Phi) is 5.20. The van der Waals surface area contributed by atoms with Gasteiger partial charge in [-0.2, -0.15) is 0 Å². The molecule has 1 aromatic rings. The highest BCUT2D eigenvalue weighted by molar-refractivity contribution is 5.94. The normalized spacial score (nSPS) is 17.6. The molecule has 7 nitrogen and oxygen atoms in total. The van der Waals surface area contributed by atoms with Crippen molar-refractivity contribution in [3.63, 3.8) is 0 Å². The summed E-state index contributed by atoms with van der Waals surface area (Å²) in [6.07, 6.45) is 1.35. The number of aromatic hydroxyl groups is 1. The Bertz CT molecular complexity index is 629. The van der Waals surface area contributed by atoms with E-state index < -0.39 is 18.5 Å². The highest BCUT2D eigenvalue weighted by Gasteiger charge is 2.27. The van der Waals surface area contributed by atoms with Crippen molar-refractivity contribution in [2.75, 3.05) is 19.7 Å². The zero-order valence-electron chi connectivity index (χ0n) is 12.9. The van der Waals surface area contributed by atoms with E-state index in [1.165, 1.54) is 17.0 Å².